The fourth-order valence-corrected chi connectivity index (χ4v) is 0. The van der Waals surface area contributed by atoms with Crippen LogP contribution in [-0.2, 0) is 21.7 Å². The third kappa shape index (κ3) is 11.9. The molecule has 0 aromatic rings. The zero-order valence-corrected chi connectivity index (χ0v) is 5.27. The largest absolute Gasteiger partial charge is 0.320 e. The summed E-state index contributed by atoms with van der Waals surface area (Å²) in [5.74, 6) is 0. The summed E-state index contributed by atoms with van der Waals surface area (Å²) < 4.78 is 0. The minimum atomic E-state index is 0. The molecule has 0 amide bonds. The quantitative estimate of drug-likeness (QED) is 0.472. The summed E-state index contributed by atoms with van der Waals surface area (Å²) in [5.41, 5.74) is 0. The molecule has 1 nitrogen and oxygen atoms in total. The molecule has 0 atom stereocenters. The molecule has 0 unspecified atom stereocenters. The standard InChI is InChI=1S/C3H9N.Ti/c1-3-4-2;/h4H,3H2,1-2H3;. The van der Waals surface area contributed by atoms with Crippen LogP contribution in [0.5, 0.6) is 0 Å². The Hall–Kier alpha value is 0.674. The molecule has 0 saturated heterocycles. The monoisotopic (exact) mass is 107 g/mol. The zero-order chi connectivity index (χ0) is 3.41. The fourth-order valence-electron chi connectivity index (χ4n) is 0. The van der Waals surface area contributed by atoms with Crippen molar-refractivity contribution in [3.05, 3.63) is 0 Å². The first-order chi connectivity index (χ1) is 1.91. The first-order valence-electron chi connectivity index (χ1n) is 1.56. The molecule has 0 fully saturated rings. The molecule has 1 N–H and O–H groups in total. The van der Waals surface area contributed by atoms with Crippen molar-refractivity contribution in [2.75, 3.05) is 13.6 Å². The second-order valence-electron chi connectivity index (χ2n) is 0.707. The third-order valence-electron chi connectivity index (χ3n) is 0.354. The van der Waals surface area contributed by atoms with Crippen LogP contribution in [0.3, 0.4) is 0 Å². The maximum absolute atomic E-state index is 2.93. The molecule has 0 bridgehead atoms. The topological polar surface area (TPSA) is 12.0 Å². The molecule has 0 spiro atoms. The van der Waals surface area contributed by atoms with Gasteiger partial charge in [0.2, 0.25) is 0 Å². The van der Waals surface area contributed by atoms with E-state index in [-0.39, 0.29) is 21.7 Å². The Morgan fingerprint density at radius 3 is 1.80 bits per heavy atom. The smallest absolute Gasteiger partial charge is 0 e. The second kappa shape index (κ2) is 8.82. The van der Waals surface area contributed by atoms with Crippen LogP contribution in [0.25, 0.3) is 0 Å². The van der Waals surface area contributed by atoms with Crippen LogP contribution >= 0.6 is 0 Å². The first-order valence-corrected chi connectivity index (χ1v) is 1.56. The first kappa shape index (κ1) is 9.18. The summed E-state index contributed by atoms with van der Waals surface area (Å²) in [4.78, 5) is 0. The van der Waals surface area contributed by atoms with Gasteiger partial charge in [-0.05, 0) is 13.6 Å². The van der Waals surface area contributed by atoms with E-state index in [1.165, 1.54) is 0 Å². The van der Waals surface area contributed by atoms with E-state index in [1.54, 1.807) is 0 Å². The molecule has 5 heavy (non-hydrogen) atoms. The second-order valence-corrected chi connectivity index (χ2v) is 0.707. The van der Waals surface area contributed by atoms with Gasteiger partial charge in [-0.25, -0.2) is 0 Å². The molecule has 0 heterocycles. The third-order valence-corrected chi connectivity index (χ3v) is 0.354. The van der Waals surface area contributed by atoms with Crippen LogP contribution in [-0.4, -0.2) is 13.6 Å². The van der Waals surface area contributed by atoms with E-state index < -0.39 is 0 Å². The van der Waals surface area contributed by atoms with E-state index in [4.69, 9.17) is 0 Å². The van der Waals surface area contributed by atoms with E-state index in [0.29, 0.717) is 0 Å². The Bertz CT molecular complexity index is 8.85. The summed E-state index contributed by atoms with van der Waals surface area (Å²) >= 11 is 0. The van der Waals surface area contributed by atoms with Crippen molar-refractivity contribution in [2.24, 2.45) is 0 Å². The van der Waals surface area contributed by atoms with Crippen LogP contribution < -0.4 is 5.32 Å². The number of hydrogen-bond donors (Lipinski definition) is 1. The molecule has 0 rings (SSSR count). The Kier molecular flexibility index (Phi) is 16.2. The molecule has 30 valence electrons. The average molecular weight is 107 g/mol. The Morgan fingerprint density at radius 2 is 1.80 bits per heavy atom. The molecule has 2 heteroatoms. The summed E-state index contributed by atoms with van der Waals surface area (Å²) in [7, 11) is 1.93. The predicted molar refractivity (Wildman–Crippen MR) is 19.6 cm³/mol. The maximum Gasteiger partial charge on any atom is 0 e. The fraction of sp³-hybridized carbons (Fsp3) is 1.00. The predicted octanol–water partition coefficient (Wildman–Crippen LogP) is 0.223. The van der Waals surface area contributed by atoms with E-state index in [2.05, 4.69) is 12.2 Å². The van der Waals surface area contributed by atoms with Crippen molar-refractivity contribution >= 4 is 0 Å². The van der Waals surface area contributed by atoms with Crippen molar-refractivity contribution in [3.63, 3.8) is 0 Å². The molecule has 0 radical (unpaired) electrons. The van der Waals surface area contributed by atoms with Gasteiger partial charge in [-0.2, -0.15) is 0 Å². The van der Waals surface area contributed by atoms with Crippen LogP contribution in [0.4, 0.5) is 0 Å². The van der Waals surface area contributed by atoms with Crippen molar-refractivity contribution in [1.82, 2.24) is 5.32 Å². The van der Waals surface area contributed by atoms with Gasteiger partial charge in [-0.3, -0.25) is 0 Å². The molecule has 0 saturated carbocycles. The normalized spacial score (nSPS) is 6.00. The Balaban J connectivity index is 0. The van der Waals surface area contributed by atoms with Gasteiger partial charge in [-0.1, -0.05) is 6.92 Å². The van der Waals surface area contributed by atoms with Gasteiger partial charge in [0.05, 0.1) is 0 Å². The number of hydrogen-bond acceptors (Lipinski definition) is 1. The van der Waals surface area contributed by atoms with Gasteiger partial charge >= 0.3 is 0 Å². The summed E-state index contributed by atoms with van der Waals surface area (Å²) in [6.45, 7) is 3.14. The molecule has 0 aliphatic rings. The van der Waals surface area contributed by atoms with Crippen LogP contribution in [0, 0.1) is 0 Å². The molecule has 0 aromatic carbocycles. The average Bonchev–Trinajstić information content (AvgIpc) is 1.37. The summed E-state index contributed by atoms with van der Waals surface area (Å²) in [6.07, 6.45) is 0. The molecule has 0 aromatic heterocycles. The minimum Gasteiger partial charge on any atom is -0.320 e. The van der Waals surface area contributed by atoms with Crippen molar-refractivity contribution in [2.45, 2.75) is 6.92 Å². The van der Waals surface area contributed by atoms with E-state index >= 15 is 0 Å². The van der Waals surface area contributed by atoms with E-state index in [9.17, 15) is 0 Å². The zero-order valence-electron chi connectivity index (χ0n) is 3.71. The van der Waals surface area contributed by atoms with Crippen LogP contribution in [0.2, 0.25) is 0 Å². The van der Waals surface area contributed by atoms with Gasteiger partial charge < -0.3 is 5.32 Å². The summed E-state index contributed by atoms with van der Waals surface area (Å²) in [6, 6.07) is 0. The molecule has 0 aliphatic carbocycles. The van der Waals surface area contributed by atoms with Crippen LogP contribution in [0.15, 0.2) is 0 Å². The Labute approximate surface area is 48.0 Å². The SMILES string of the molecule is CCNC.[Ti]. The number of nitrogens with one attached hydrogen (secondary N) is 1. The van der Waals surface area contributed by atoms with Gasteiger partial charge in [-0.15, -0.1) is 0 Å². The van der Waals surface area contributed by atoms with Crippen molar-refractivity contribution in [1.29, 1.82) is 0 Å². The minimum absolute atomic E-state index is 0. The van der Waals surface area contributed by atoms with Crippen molar-refractivity contribution in [3.8, 4) is 0 Å². The molecular weight excluding hydrogens is 97.9 g/mol. The van der Waals surface area contributed by atoms with Crippen molar-refractivity contribution < 1.29 is 21.7 Å². The van der Waals surface area contributed by atoms with Crippen LogP contribution in [0.1, 0.15) is 6.92 Å². The molecule has 0 aliphatic heterocycles. The van der Waals surface area contributed by atoms with E-state index in [0.717, 1.165) is 6.54 Å². The Morgan fingerprint density at radius 1 is 1.60 bits per heavy atom. The van der Waals surface area contributed by atoms with Gasteiger partial charge in [0.15, 0.2) is 0 Å². The maximum atomic E-state index is 2.93. The van der Waals surface area contributed by atoms with Gasteiger partial charge in [0, 0.05) is 21.7 Å². The van der Waals surface area contributed by atoms with Gasteiger partial charge in [0.1, 0.15) is 0 Å². The number of rotatable bonds is 1. The van der Waals surface area contributed by atoms with Gasteiger partial charge in [0.25, 0.3) is 0 Å². The summed E-state index contributed by atoms with van der Waals surface area (Å²) in [5, 5.41) is 2.93. The van der Waals surface area contributed by atoms with E-state index in [1.807, 2.05) is 7.05 Å². The molecular formula is C3H9NTi.